The number of nitrogens with zero attached hydrogens (tertiary/aromatic N) is 2. The molecule has 4 aromatic rings. The van der Waals surface area contributed by atoms with Gasteiger partial charge in [-0.3, -0.25) is 9.36 Å². The maximum atomic E-state index is 13.1. The van der Waals surface area contributed by atoms with Crippen molar-refractivity contribution >= 4 is 16.9 Å². The number of carbonyl (C=O) groups excluding carboxylic acids is 1. The third kappa shape index (κ3) is 3.24. The van der Waals surface area contributed by atoms with Crippen molar-refractivity contribution in [1.82, 2.24) is 24.8 Å². The zero-order valence-corrected chi connectivity index (χ0v) is 14.4. The van der Waals surface area contributed by atoms with Crippen LogP contribution in [0, 0.1) is 5.82 Å². The van der Waals surface area contributed by atoms with Crippen molar-refractivity contribution in [2.75, 3.05) is 0 Å². The minimum atomic E-state index is -0.350. The number of halogens is 1. The third-order valence-electron chi connectivity index (χ3n) is 4.36. The molecule has 2 aromatic carbocycles. The molecule has 1 unspecified atom stereocenters. The van der Waals surface area contributed by atoms with Gasteiger partial charge in [0.05, 0.1) is 29.6 Å². The van der Waals surface area contributed by atoms with Crippen LogP contribution in [0.5, 0.6) is 0 Å². The number of benzene rings is 2. The van der Waals surface area contributed by atoms with Gasteiger partial charge < -0.3 is 15.3 Å². The summed E-state index contributed by atoms with van der Waals surface area (Å²) in [5.74, 6) is -0.663. The molecule has 0 saturated carbocycles. The number of aromatic amines is 2. The van der Waals surface area contributed by atoms with Crippen molar-refractivity contribution in [2.45, 2.75) is 13.0 Å². The highest BCUT2D eigenvalue weighted by molar-refractivity contribution is 5.93. The highest BCUT2D eigenvalue weighted by Crippen LogP contribution is 2.18. The Kier molecular flexibility index (Phi) is 4.08. The molecule has 136 valence electrons. The van der Waals surface area contributed by atoms with Gasteiger partial charge in [0.15, 0.2) is 0 Å². The molecular weight excluding hydrogens is 349 g/mol. The van der Waals surface area contributed by atoms with Gasteiger partial charge >= 0.3 is 5.69 Å². The fourth-order valence-electron chi connectivity index (χ4n) is 2.94. The maximum absolute atomic E-state index is 13.1. The van der Waals surface area contributed by atoms with Crippen molar-refractivity contribution in [3.63, 3.8) is 0 Å². The molecule has 2 heterocycles. The number of nitrogens with one attached hydrogen (secondary N) is 3. The van der Waals surface area contributed by atoms with Gasteiger partial charge in [0.2, 0.25) is 0 Å². The summed E-state index contributed by atoms with van der Waals surface area (Å²) >= 11 is 0. The van der Waals surface area contributed by atoms with E-state index in [1.165, 1.54) is 24.7 Å². The Morgan fingerprint density at radius 2 is 1.89 bits per heavy atom. The number of aromatic nitrogens is 4. The fraction of sp³-hybridized carbons (Fsp3) is 0.105. The van der Waals surface area contributed by atoms with Crippen LogP contribution in [0.4, 0.5) is 4.39 Å². The van der Waals surface area contributed by atoms with Crippen molar-refractivity contribution in [1.29, 1.82) is 0 Å². The molecule has 27 heavy (non-hydrogen) atoms. The summed E-state index contributed by atoms with van der Waals surface area (Å²) in [6.07, 6.45) is 2.96. The minimum Gasteiger partial charge on any atom is -0.344 e. The van der Waals surface area contributed by atoms with E-state index < -0.39 is 0 Å². The molecule has 0 aliphatic carbocycles. The summed E-state index contributed by atoms with van der Waals surface area (Å²) < 4.78 is 14.7. The van der Waals surface area contributed by atoms with Gasteiger partial charge in [-0.25, -0.2) is 14.2 Å². The molecule has 0 fully saturated rings. The van der Waals surface area contributed by atoms with E-state index >= 15 is 0 Å². The molecule has 3 N–H and O–H groups in total. The van der Waals surface area contributed by atoms with Gasteiger partial charge in [-0.05, 0) is 48.9 Å². The Labute approximate surface area is 152 Å². The molecule has 0 radical (unpaired) electrons. The number of rotatable bonds is 4. The number of fused-ring (bicyclic) bond motifs is 1. The van der Waals surface area contributed by atoms with Crippen molar-refractivity contribution in [3.05, 3.63) is 82.5 Å². The van der Waals surface area contributed by atoms with Crippen LogP contribution >= 0.6 is 0 Å². The van der Waals surface area contributed by atoms with Gasteiger partial charge in [0.25, 0.3) is 5.91 Å². The number of hydrogen-bond acceptors (Lipinski definition) is 3. The van der Waals surface area contributed by atoms with Crippen molar-refractivity contribution in [3.8, 4) is 5.69 Å². The predicted octanol–water partition coefficient (Wildman–Crippen LogP) is 2.67. The lowest BCUT2D eigenvalue weighted by molar-refractivity contribution is 0.0933. The van der Waals surface area contributed by atoms with E-state index in [2.05, 4.69) is 20.3 Å². The average Bonchev–Trinajstić information content (AvgIpc) is 3.27. The Morgan fingerprint density at radius 1 is 1.15 bits per heavy atom. The molecule has 4 rings (SSSR count). The lowest BCUT2D eigenvalue weighted by Gasteiger charge is -2.15. The Hall–Kier alpha value is -3.68. The first kappa shape index (κ1) is 16.8. The second kappa shape index (κ2) is 6.56. The van der Waals surface area contributed by atoms with Gasteiger partial charge in [-0.2, -0.15) is 0 Å². The van der Waals surface area contributed by atoms with E-state index in [1.54, 1.807) is 22.8 Å². The van der Waals surface area contributed by atoms with Gasteiger partial charge in [-0.15, -0.1) is 0 Å². The minimum absolute atomic E-state index is 0.276. The number of amides is 1. The van der Waals surface area contributed by atoms with Crippen LogP contribution in [-0.4, -0.2) is 25.4 Å². The predicted molar refractivity (Wildman–Crippen MR) is 98.3 cm³/mol. The average molecular weight is 365 g/mol. The zero-order valence-electron chi connectivity index (χ0n) is 14.4. The van der Waals surface area contributed by atoms with E-state index in [4.69, 9.17) is 0 Å². The topological polar surface area (TPSA) is 95.6 Å². The van der Waals surface area contributed by atoms with Crippen LogP contribution in [0.15, 0.2) is 59.8 Å². The SMILES string of the molecule is CC(NC(=O)c1cncn1-c1ccc(F)cc1)c1ccc2[nH]c(=O)[nH]c2c1. The second-order valence-corrected chi connectivity index (χ2v) is 6.20. The van der Waals surface area contributed by atoms with E-state index in [0.29, 0.717) is 22.4 Å². The molecule has 0 spiro atoms. The molecule has 1 atom stereocenters. The first-order valence-electron chi connectivity index (χ1n) is 8.32. The van der Waals surface area contributed by atoms with E-state index in [-0.39, 0.29) is 23.5 Å². The quantitative estimate of drug-likeness (QED) is 0.519. The largest absolute Gasteiger partial charge is 0.344 e. The zero-order chi connectivity index (χ0) is 19.0. The molecule has 1 amide bonds. The summed E-state index contributed by atoms with van der Waals surface area (Å²) in [5.41, 5.74) is 2.93. The summed E-state index contributed by atoms with van der Waals surface area (Å²) in [7, 11) is 0. The van der Waals surface area contributed by atoms with Crippen LogP contribution in [-0.2, 0) is 0 Å². The maximum Gasteiger partial charge on any atom is 0.323 e. The molecular formula is C19H16FN5O2. The Balaban J connectivity index is 1.57. The monoisotopic (exact) mass is 365 g/mol. The van der Waals surface area contributed by atoms with Gasteiger partial charge in [0, 0.05) is 5.69 Å². The first-order valence-corrected chi connectivity index (χ1v) is 8.32. The fourth-order valence-corrected chi connectivity index (χ4v) is 2.94. The van der Waals surface area contributed by atoms with Crippen LogP contribution in [0.1, 0.15) is 29.0 Å². The standard InChI is InChI=1S/C19H16FN5O2/c1-11(12-2-7-15-16(8-12)24-19(27)23-15)22-18(26)17-9-21-10-25(17)14-5-3-13(20)4-6-14/h2-11H,1H3,(H,22,26)(H2,23,24,27). The lowest BCUT2D eigenvalue weighted by atomic mass is 10.1. The number of carbonyl (C=O) groups is 1. The Bertz CT molecular complexity index is 1170. The number of H-pyrrole nitrogens is 2. The van der Waals surface area contributed by atoms with Crippen LogP contribution in [0.25, 0.3) is 16.7 Å². The van der Waals surface area contributed by atoms with Gasteiger partial charge in [0.1, 0.15) is 11.5 Å². The normalized spacial score (nSPS) is 12.2. The van der Waals surface area contributed by atoms with Crippen LogP contribution in [0.2, 0.25) is 0 Å². The van der Waals surface area contributed by atoms with Gasteiger partial charge in [-0.1, -0.05) is 6.07 Å². The summed E-state index contributed by atoms with van der Waals surface area (Å²) in [6.45, 7) is 1.85. The van der Waals surface area contributed by atoms with Crippen LogP contribution < -0.4 is 11.0 Å². The van der Waals surface area contributed by atoms with E-state index in [9.17, 15) is 14.0 Å². The molecule has 7 nitrogen and oxygen atoms in total. The number of imidazole rings is 2. The summed E-state index contributed by atoms with van der Waals surface area (Å²) in [6, 6.07) is 11.0. The smallest absolute Gasteiger partial charge is 0.323 e. The molecule has 2 aromatic heterocycles. The first-order chi connectivity index (χ1) is 13.0. The lowest BCUT2D eigenvalue weighted by Crippen LogP contribution is -2.28. The highest BCUT2D eigenvalue weighted by Gasteiger charge is 2.17. The molecule has 0 aliphatic rings. The molecule has 0 bridgehead atoms. The molecule has 0 saturated heterocycles. The molecule has 8 heteroatoms. The second-order valence-electron chi connectivity index (χ2n) is 6.20. The van der Waals surface area contributed by atoms with E-state index in [1.807, 2.05) is 19.1 Å². The number of hydrogen-bond donors (Lipinski definition) is 3. The van der Waals surface area contributed by atoms with Crippen molar-refractivity contribution < 1.29 is 9.18 Å². The Morgan fingerprint density at radius 3 is 2.67 bits per heavy atom. The summed E-state index contributed by atoms with van der Waals surface area (Å²) in [4.78, 5) is 33.5. The van der Waals surface area contributed by atoms with Crippen LogP contribution in [0.3, 0.4) is 0 Å². The van der Waals surface area contributed by atoms with E-state index in [0.717, 1.165) is 5.56 Å². The summed E-state index contributed by atoms with van der Waals surface area (Å²) in [5, 5.41) is 2.92. The molecule has 0 aliphatic heterocycles. The van der Waals surface area contributed by atoms with Crippen molar-refractivity contribution in [2.24, 2.45) is 0 Å². The highest BCUT2D eigenvalue weighted by atomic mass is 19.1. The third-order valence-corrected chi connectivity index (χ3v) is 4.36.